The molecule has 0 aromatic carbocycles. The van der Waals surface area contributed by atoms with Gasteiger partial charge in [0.15, 0.2) is 12.2 Å². The lowest BCUT2D eigenvalue weighted by molar-refractivity contribution is -0.365. The van der Waals surface area contributed by atoms with Crippen LogP contribution in [-0.2, 0) is 19.6 Å². The molecule has 0 aromatic rings. The highest BCUT2D eigenvalue weighted by atomic mass is 17.2. The third-order valence-electron chi connectivity index (χ3n) is 2.20. The van der Waals surface area contributed by atoms with E-state index in [2.05, 4.69) is 11.8 Å². The molecule has 0 aliphatic heterocycles. The Morgan fingerprint density at radius 2 is 1.26 bits per heavy atom. The van der Waals surface area contributed by atoms with E-state index in [0.717, 1.165) is 6.42 Å². The van der Waals surface area contributed by atoms with Crippen molar-refractivity contribution in [2.24, 2.45) is 0 Å². The Labute approximate surface area is 117 Å². The van der Waals surface area contributed by atoms with Gasteiger partial charge in [-0.05, 0) is 54.9 Å². The van der Waals surface area contributed by atoms with Crippen LogP contribution in [0.5, 0.6) is 0 Å². The molecule has 0 saturated carbocycles. The quantitative estimate of drug-likeness (QED) is 0.420. The molecule has 0 N–H and O–H groups in total. The van der Waals surface area contributed by atoms with Gasteiger partial charge in [0.05, 0.1) is 11.2 Å². The smallest absolute Gasteiger partial charge is 0.150 e. The first-order valence-corrected chi connectivity index (χ1v) is 6.76. The van der Waals surface area contributed by atoms with E-state index in [-0.39, 0.29) is 23.4 Å². The molecule has 0 aliphatic rings. The summed E-state index contributed by atoms with van der Waals surface area (Å²) < 4.78 is 0. The van der Waals surface area contributed by atoms with Crippen LogP contribution in [0, 0.1) is 11.8 Å². The summed E-state index contributed by atoms with van der Waals surface area (Å²) in [6.07, 6.45) is 0.238. The van der Waals surface area contributed by atoms with E-state index in [1.165, 1.54) is 0 Å². The zero-order chi connectivity index (χ0) is 15.1. The summed E-state index contributed by atoms with van der Waals surface area (Å²) in [5.74, 6) is 5.82. The molecule has 0 saturated heterocycles. The SMILES string of the molecule is CCC(C)(C)OOC(C)C#CC(C)OOC(C)(C)C. The van der Waals surface area contributed by atoms with E-state index < -0.39 is 0 Å². The highest BCUT2D eigenvalue weighted by Gasteiger charge is 2.18. The van der Waals surface area contributed by atoms with Gasteiger partial charge in [0.2, 0.25) is 0 Å². The lowest BCUT2D eigenvalue weighted by Crippen LogP contribution is -2.25. The van der Waals surface area contributed by atoms with Crippen LogP contribution in [0.1, 0.15) is 61.8 Å². The molecule has 0 rings (SSSR count). The first kappa shape index (κ1) is 18.4. The molecule has 0 spiro atoms. The lowest BCUT2D eigenvalue weighted by atomic mass is 10.1. The van der Waals surface area contributed by atoms with Crippen LogP contribution in [0.25, 0.3) is 0 Å². The summed E-state index contributed by atoms with van der Waals surface area (Å²) in [5, 5.41) is 0. The average molecular weight is 272 g/mol. The fourth-order valence-corrected chi connectivity index (χ4v) is 0.761. The molecule has 2 atom stereocenters. The first-order chi connectivity index (χ1) is 8.56. The summed E-state index contributed by atoms with van der Waals surface area (Å²) in [7, 11) is 0. The monoisotopic (exact) mass is 272 g/mol. The first-order valence-electron chi connectivity index (χ1n) is 6.76. The van der Waals surface area contributed by atoms with E-state index in [1.807, 2.05) is 55.4 Å². The topological polar surface area (TPSA) is 36.9 Å². The Bertz CT molecular complexity index is 306. The molecule has 19 heavy (non-hydrogen) atoms. The normalized spacial score (nSPS) is 15.6. The summed E-state index contributed by atoms with van der Waals surface area (Å²) in [6, 6.07) is 0. The van der Waals surface area contributed by atoms with E-state index in [1.54, 1.807) is 0 Å². The van der Waals surface area contributed by atoms with Gasteiger partial charge < -0.3 is 0 Å². The van der Waals surface area contributed by atoms with E-state index in [0.29, 0.717) is 0 Å². The van der Waals surface area contributed by atoms with Crippen molar-refractivity contribution in [3.63, 3.8) is 0 Å². The molecule has 112 valence electrons. The second-order valence-corrected chi connectivity index (χ2v) is 6.16. The van der Waals surface area contributed by atoms with Crippen LogP contribution in [-0.4, -0.2) is 23.4 Å². The van der Waals surface area contributed by atoms with Crippen molar-refractivity contribution in [1.29, 1.82) is 0 Å². The molecule has 0 aromatic heterocycles. The van der Waals surface area contributed by atoms with Gasteiger partial charge in [-0.25, -0.2) is 19.6 Å². The molecule has 0 bridgehead atoms. The Balaban J connectivity index is 4.06. The van der Waals surface area contributed by atoms with Gasteiger partial charge in [-0.3, -0.25) is 0 Å². The number of rotatable bonds is 6. The Kier molecular flexibility index (Phi) is 7.61. The van der Waals surface area contributed by atoms with E-state index >= 15 is 0 Å². The van der Waals surface area contributed by atoms with Crippen molar-refractivity contribution < 1.29 is 19.6 Å². The van der Waals surface area contributed by atoms with Crippen LogP contribution in [0.3, 0.4) is 0 Å². The summed E-state index contributed by atoms with van der Waals surface area (Å²) in [6.45, 7) is 15.4. The second-order valence-electron chi connectivity index (χ2n) is 6.16. The summed E-state index contributed by atoms with van der Waals surface area (Å²) >= 11 is 0. The van der Waals surface area contributed by atoms with Gasteiger partial charge in [-0.15, -0.1) is 0 Å². The molecular weight excluding hydrogens is 244 g/mol. The molecule has 0 aliphatic carbocycles. The van der Waals surface area contributed by atoms with Crippen LogP contribution in [0.4, 0.5) is 0 Å². The highest BCUT2D eigenvalue weighted by molar-refractivity contribution is 5.07. The number of hydrogen-bond acceptors (Lipinski definition) is 4. The predicted octanol–water partition coefficient (Wildman–Crippen LogP) is 3.65. The minimum absolute atomic E-state index is 0.298. The van der Waals surface area contributed by atoms with Crippen LogP contribution in [0.15, 0.2) is 0 Å². The lowest BCUT2D eigenvalue weighted by Gasteiger charge is -2.22. The zero-order valence-electron chi connectivity index (χ0n) is 13.5. The Morgan fingerprint density at radius 3 is 1.63 bits per heavy atom. The van der Waals surface area contributed by atoms with E-state index in [9.17, 15) is 0 Å². The summed E-state index contributed by atoms with van der Waals surface area (Å²) in [4.78, 5) is 20.9. The number of hydrogen-bond donors (Lipinski definition) is 0. The van der Waals surface area contributed by atoms with Crippen molar-refractivity contribution in [3.05, 3.63) is 0 Å². The molecule has 0 fully saturated rings. The van der Waals surface area contributed by atoms with Crippen LogP contribution >= 0.6 is 0 Å². The molecule has 2 unspecified atom stereocenters. The third-order valence-corrected chi connectivity index (χ3v) is 2.20. The maximum absolute atomic E-state index is 5.31. The highest BCUT2D eigenvalue weighted by Crippen LogP contribution is 2.14. The zero-order valence-corrected chi connectivity index (χ0v) is 13.5. The van der Waals surface area contributed by atoms with Gasteiger partial charge in [0.1, 0.15) is 0 Å². The average Bonchev–Trinajstić information content (AvgIpc) is 2.30. The van der Waals surface area contributed by atoms with Crippen LogP contribution < -0.4 is 0 Å². The third kappa shape index (κ3) is 11.0. The fourth-order valence-electron chi connectivity index (χ4n) is 0.761. The second kappa shape index (κ2) is 7.86. The van der Waals surface area contributed by atoms with Gasteiger partial charge in [-0.2, -0.15) is 0 Å². The fraction of sp³-hybridized carbons (Fsp3) is 0.867. The van der Waals surface area contributed by atoms with Crippen molar-refractivity contribution in [1.82, 2.24) is 0 Å². The molecule has 4 heteroatoms. The van der Waals surface area contributed by atoms with E-state index in [4.69, 9.17) is 19.6 Å². The molecular formula is C15H28O4. The molecule has 4 nitrogen and oxygen atoms in total. The van der Waals surface area contributed by atoms with Crippen molar-refractivity contribution in [3.8, 4) is 11.8 Å². The Hall–Kier alpha value is -0.600. The maximum Gasteiger partial charge on any atom is 0.150 e. The van der Waals surface area contributed by atoms with Crippen molar-refractivity contribution in [2.75, 3.05) is 0 Å². The molecule has 0 amide bonds. The minimum Gasteiger partial charge on any atom is -0.230 e. The van der Waals surface area contributed by atoms with Crippen LogP contribution in [0.2, 0.25) is 0 Å². The van der Waals surface area contributed by atoms with Gasteiger partial charge >= 0.3 is 0 Å². The standard InChI is InChI=1S/C15H28O4/c1-9-15(7,8)19-17-13(3)11-10-12(2)16-18-14(4,5)6/h12-13H,9H2,1-8H3. The van der Waals surface area contributed by atoms with Gasteiger partial charge in [0.25, 0.3) is 0 Å². The largest absolute Gasteiger partial charge is 0.230 e. The Morgan fingerprint density at radius 1 is 0.842 bits per heavy atom. The van der Waals surface area contributed by atoms with Gasteiger partial charge in [-0.1, -0.05) is 18.8 Å². The van der Waals surface area contributed by atoms with Crippen molar-refractivity contribution >= 4 is 0 Å². The van der Waals surface area contributed by atoms with Gasteiger partial charge in [0, 0.05) is 0 Å². The molecule has 0 radical (unpaired) electrons. The van der Waals surface area contributed by atoms with Crippen molar-refractivity contribution in [2.45, 2.75) is 85.2 Å². The maximum atomic E-state index is 5.31. The summed E-state index contributed by atoms with van der Waals surface area (Å²) in [5.41, 5.74) is -0.639. The minimum atomic E-state index is -0.341. The molecule has 0 heterocycles. The predicted molar refractivity (Wildman–Crippen MR) is 75.2 cm³/mol.